The normalized spacial score (nSPS) is 17.1. The average molecular weight is 271 g/mol. The first-order chi connectivity index (χ1) is 9.52. The quantitative estimate of drug-likeness (QED) is 0.671. The van der Waals surface area contributed by atoms with Crippen molar-refractivity contribution in [2.75, 3.05) is 11.9 Å². The van der Waals surface area contributed by atoms with Crippen LogP contribution in [0.15, 0.2) is 37.1 Å². The van der Waals surface area contributed by atoms with E-state index in [1.807, 2.05) is 19.9 Å². The third kappa shape index (κ3) is 2.77. The Bertz CT molecular complexity index is 593. The van der Waals surface area contributed by atoms with Crippen LogP contribution in [0, 0.1) is 13.8 Å². The molecule has 1 N–H and O–H groups in total. The maximum Gasteiger partial charge on any atom is 0.251 e. The number of pyridine rings is 1. The van der Waals surface area contributed by atoms with Gasteiger partial charge in [-0.25, -0.2) is 0 Å². The summed E-state index contributed by atoms with van der Waals surface area (Å²) in [5.41, 5.74) is 2.56. The van der Waals surface area contributed by atoms with Gasteiger partial charge in [0, 0.05) is 12.2 Å². The predicted molar refractivity (Wildman–Crippen MR) is 77.2 cm³/mol. The summed E-state index contributed by atoms with van der Waals surface area (Å²) in [7, 11) is 0. The molecular weight excluding hydrogens is 254 g/mol. The number of nitrogens with one attached hydrogen (secondary N) is 1. The number of aryl methyl sites for hydroxylation is 2. The third-order valence-electron chi connectivity index (χ3n) is 3.29. The van der Waals surface area contributed by atoms with E-state index >= 15 is 0 Å². The van der Waals surface area contributed by atoms with Crippen molar-refractivity contribution in [1.29, 1.82) is 0 Å². The van der Waals surface area contributed by atoms with E-state index in [0.717, 1.165) is 11.3 Å². The summed E-state index contributed by atoms with van der Waals surface area (Å²) in [5.74, 6) is -0.507. The van der Waals surface area contributed by atoms with Crippen LogP contribution in [0.25, 0.3) is 0 Å². The molecule has 2 heterocycles. The summed E-state index contributed by atoms with van der Waals surface area (Å²) in [6.45, 7) is 7.71. The van der Waals surface area contributed by atoms with Crippen molar-refractivity contribution in [3.8, 4) is 0 Å². The van der Waals surface area contributed by atoms with Crippen LogP contribution in [0.2, 0.25) is 0 Å². The fraction of sp³-hybridized carbons (Fsp3) is 0.267. The molecule has 0 radical (unpaired) electrons. The molecule has 0 saturated carbocycles. The standard InChI is InChI=1S/C15H17N3O2/c1-4-14(19)18-7-5-6-13(18)15(20)17-12-8-10(2)11(3)16-9-12/h4-6,8-9,13H,1,7H2,2-3H3,(H,17,20)/t13-/m0/s1. The number of aromatic nitrogens is 1. The molecule has 0 spiro atoms. The number of hydrogen-bond donors (Lipinski definition) is 1. The second-order valence-electron chi connectivity index (χ2n) is 4.68. The minimum absolute atomic E-state index is 0.251. The molecule has 20 heavy (non-hydrogen) atoms. The van der Waals surface area contributed by atoms with E-state index in [1.165, 1.54) is 11.0 Å². The van der Waals surface area contributed by atoms with Gasteiger partial charge in [0.05, 0.1) is 11.9 Å². The lowest BCUT2D eigenvalue weighted by atomic mass is 10.2. The van der Waals surface area contributed by atoms with Gasteiger partial charge in [-0.2, -0.15) is 0 Å². The molecule has 1 aromatic rings. The largest absolute Gasteiger partial charge is 0.323 e. The monoisotopic (exact) mass is 271 g/mol. The van der Waals surface area contributed by atoms with E-state index < -0.39 is 6.04 Å². The molecule has 1 aromatic heterocycles. The maximum atomic E-state index is 12.2. The first-order valence-corrected chi connectivity index (χ1v) is 6.36. The van der Waals surface area contributed by atoms with Gasteiger partial charge in [0.15, 0.2) is 0 Å². The lowest BCUT2D eigenvalue weighted by Crippen LogP contribution is -2.42. The molecule has 104 valence electrons. The van der Waals surface area contributed by atoms with Gasteiger partial charge >= 0.3 is 0 Å². The summed E-state index contributed by atoms with van der Waals surface area (Å²) in [6, 6.07) is 1.26. The van der Waals surface area contributed by atoms with Crippen molar-refractivity contribution < 1.29 is 9.59 Å². The van der Waals surface area contributed by atoms with Crippen LogP contribution in [0.4, 0.5) is 5.69 Å². The Morgan fingerprint density at radius 1 is 1.50 bits per heavy atom. The molecular formula is C15H17N3O2. The Morgan fingerprint density at radius 2 is 2.25 bits per heavy atom. The summed E-state index contributed by atoms with van der Waals surface area (Å²) in [5, 5.41) is 2.78. The summed E-state index contributed by atoms with van der Waals surface area (Å²) in [4.78, 5) is 29.5. The van der Waals surface area contributed by atoms with Crippen molar-refractivity contribution in [2.45, 2.75) is 19.9 Å². The molecule has 0 saturated heterocycles. The molecule has 2 rings (SSSR count). The van der Waals surface area contributed by atoms with Crippen LogP contribution in [-0.2, 0) is 9.59 Å². The zero-order valence-corrected chi connectivity index (χ0v) is 11.6. The Hall–Kier alpha value is -2.43. The van der Waals surface area contributed by atoms with E-state index in [-0.39, 0.29) is 11.8 Å². The Kier molecular flexibility index (Phi) is 3.98. The van der Waals surface area contributed by atoms with Crippen LogP contribution in [0.1, 0.15) is 11.3 Å². The van der Waals surface area contributed by atoms with E-state index in [2.05, 4.69) is 16.9 Å². The van der Waals surface area contributed by atoms with Crippen molar-refractivity contribution in [3.05, 3.63) is 48.3 Å². The summed E-state index contributed by atoms with van der Waals surface area (Å²) in [6.07, 6.45) is 6.33. The SMILES string of the molecule is C=CC(=O)N1CC=C[C@H]1C(=O)Nc1cnc(C)c(C)c1. The van der Waals surface area contributed by atoms with Crippen molar-refractivity contribution in [3.63, 3.8) is 0 Å². The molecule has 0 unspecified atom stereocenters. The highest BCUT2D eigenvalue weighted by Crippen LogP contribution is 2.15. The van der Waals surface area contributed by atoms with Gasteiger partial charge in [0.1, 0.15) is 6.04 Å². The van der Waals surface area contributed by atoms with Crippen LogP contribution in [-0.4, -0.2) is 34.3 Å². The highest BCUT2D eigenvalue weighted by Gasteiger charge is 2.29. The lowest BCUT2D eigenvalue weighted by Gasteiger charge is -2.22. The first-order valence-electron chi connectivity index (χ1n) is 6.36. The minimum Gasteiger partial charge on any atom is -0.323 e. The zero-order chi connectivity index (χ0) is 14.7. The molecule has 1 aliphatic rings. The molecule has 5 heteroatoms. The fourth-order valence-electron chi connectivity index (χ4n) is 2.02. The molecule has 0 bridgehead atoms. The van der Waals surface area contributed by atoms with Crippen molar-refractivity contribution >= 4 is 17.5 Å². The van der Waals surface area contributed by atoms with Crippen LogP contribution >= 0.6 is 0 Å². The van der Waals surface area contributed by atoms with Crippen LogP contribution in [0.5, 0.6) is 0 Å². The fourth-order valence-corrected chi connectivity index (χ4v) is 2.02. The number of anilines is 1. The minimum atomic E-state index is -0.595. The third-order valence-corrected chi connectivity index (χ3v) is 3.29. The van der Waals surface area contributed by atoms with Crippen LogP contribution in [0.3, 0.4) is 0 Å². The predicted octanol–water partition coefficient (Wildman–Crippen LogP) is 1.59. The Morgan fingerprint density at radius 3 is 2.90 bits per heavy atom. The van der Waals surface area contributed by atoms with E-state index in [0.29, 0.717) is 12.2 Å². The van der Waals surface area contributed by atoms with Gasteiger partial charge in [0.2, 0.25) is 5.91 Å². The number of carbonyl (C=O) groups is 2. The summed E-state index contributed by atoms with van der Waals surface area (Å²) >= 11 is 0. The molecule has 0 aromatic carbocycles. The topological polar surface area (TPSA) is 62.3 Å². The molecule has 2 amide bonds. The summed E-state index contributed by atoms with van der Waals surface area (Å²) < 4.78 is 0. The highest BCUT2D eigenvalue weighted by atomic mass is 16.2. The van der Waals surface area contributed by atoms with Gasteiger partial charge in [-0.3, -0.25) is 14.6 Å². The zero-order valence-electron chi connectivity index (χ0n) is 11.6. The van der Waals surface area contributed by atoms with Gasteiger partial charge in [0.25, 0.3) is 5.91 Å². The second-order valence-corrected chi connectivity index (χ2v) is 4.68. The number of hydrogen-bond acceptors (Lipinski definition) is 3. The molecule has 0 fully saturated rings. The van der Waals surface area contributed by atoms with Gasteiger partial charge in [-0.15, -0.1) is 0 Å². The van der Waals surface area contributed by atoms with Gasteiger partial charge < -0.3 is 10.2 Å². The second kappa shape index (κ2) is 5.69. The van der Waals surface area contributed by atoms with E-state index in [4.69, 9.17) is 0 Å². The Labute approximate surface area is 118 Å². The Balaban J connectivity index is 2.11. The van der Waals surface area contributed by atoms with Crippen LogP contribution < -0.4 is 5.32 Å². The van der Waals surface area contributed by atoms with E-state index in [9.17, 15) is 9.59 Å². The molecule has 5 nitrogen and oxygen atoms in total. The van der Waals surface area contributed by atoms with E-state index in [1.54, 1.807) is 18.3 Å². The van der Waals surface area contributed by atoms with Crippen molar-refractivity contribution in [1.82, 2.24) is 9.88 Å². The lowest BCUT2D eigenvalue weighted by molar-refractivity contribution is -0.131. The van der Waals surface area contributed by atoms with Gasteiger partial charge in [-0.1, -0.05) is 18.7 Å². The molecule has 1 aliphatic heterocycles. The first kappa shape index (κ1) is 14.0. The van der Waals surface area contributed by atoms with Crippen molar-refractivity contribution in [2.24, 2.45) is 0 Å². The molecule has 1 atom stereocenters. The number of carbonyl (C=O) groups excluding carboxylic acids is 2. The number of nitrogens with zero attached hydrogens (tertiary/aromatic N) is 2. The average Bonchev–Trinajstić information content (AvgIpc) is 2.91. The maximum absolute atomic E-state index is 12.2. The number of amides is 2. The molecule has 0 aliphatic carbocycles. The number of rotatable bonds is 3. The highest BCUT2D eigenvalue weighted by molar-refractivity contribution is 6.00. The smallest absolute Gasteiger partial charge is 0.251 e. The van der Waals surface area contributed by atoms with Gasteiger partial charge in [-0.05, 0) is 31.6 Å².